The van der Waals surface area contributed by atoms with E-state index in [1.165, 1.54) is 0 Å². The van der Waals surface area contributed by atoms with Crippen LogP contribution in [0.15, 0.2) is 6.20 Å². The van der Waals surface area contributed by atoms with E-state index in [4.69, 9.17) is 10.5 Å². The fourth-order valence-electron chi connectivity index (χ4n) is 0.916. The summed E-state index contributed by atoms with van der Waals surface area (Å²) in [4.78, 5) is 3.97. The second kappa shape index (κ2) is 2.82. The number of methoxy groups -OCH3 is 1. The van der Waals surface area contributed by atoms with Gasteiger partial charge >= 0.3 is 0 Å². The van der Waals surface area contributed by atoms with Gasteiger partial charge in [0.25, 0.3) is 6.01 Å². The molecular formula is C7H13N3O. The summed E-state index contributed by atoms with van der Waals surface area (Å²) in [5.74, 6) is 0.496. The first-order valence-corrected chi connectivity index (χ1v) is 3.53. The highest BCUT2D eigenvalue weighted by atomic mass is 16.5. The van der Waals surface area contributed by atoms with Gasteiger partial charge in [0.2, 0.25) is 0 Å². The highest BCUT2D eigenvalue weighted by Gasteiger charge is 2.07. The van der Waals surface area contributed by atoms with E-state index in [-0.39, 0.29) is 0 Å². The van der Waals surface area contributed by atoms with E-state index in [1.54, 1.807) is 13.3 Å². The Morgan fingerprint density at radius 3 is 2.64 bits per heavy atom. The zero-order valence-electron chi connectivity index (χ0n) is 7.03. The van der Waals surface area contributed by atoms with Crippen LogP contribution in [0.25, 0.3) is 0 Å². The van der Waals surface area contributed by atoms with Crippen LogP contribution < -0.4 is 10.5 Å². The number of anilines is 1. The number of ether oxygens (including phenoxy) is 1. The number of hydrogen-bond acceptors (Lipinski definition) is 3. The van der Waals surface area contributed by atoms with E-state index in [1.807, 2.05) is 18.4 Å². The lowest BCUT2D eigenvalue weighted by atomic mass is 10.4. The highest BCUT2D eigenvalue weighted by Crippen LogP contribution is 2.17. The van der Waals surface area contributed by atoms with Crippen LogP contribution in [-0.4, -0.2) is 16.7 Å². The monoisotopic (exact) mass is 155 g/mol. The van der Waals surface area contributed by atoms with Crippen LogP contribution in [0.1, 0.15) is 19.9 Å². The van der Waals surface area contributed by atoms with Crippen LogP contribution in [0.2, 0.25) is 0 Å². The molecule has 0 unspecified atom stereocenters. The summed E-state index contributed by atoms with van der Waals surface area (Å²) in [7, 11) is 1.58. The third-order valence-corrected chi connectivity index (χ3v) is 1.46. The summed E-state index contributed by atoms with van der Waals surface area (Å²) in [5.41, 5.74) is 5.48. The Morgan fingerprint density at radius 2 is 2.27 bits per heavy atom. The zero-order chi connectivity index (χ0) is 8.43. The number of aromatic nitrogens is 2. The minimum atomic E-state index is 0.328. The first kappa shape index (κ1) is 7.91. The minimum absolute atomic E-state index is 0.328. The zero-order valence-corrected chi connectivity index (χ0v) is 7.03. The second-order valence-corrected chi connectivity index (χ2v) is 2.65. The maximum Gasteiger partial charge on any atom is 0.298 e. The average molecular weight is 155 g/mol. The van der Waals surface area contributed by atoms with Gasteiger partial charge in [-0.1, -0.05) is 0 Å². The Balaban J connectivity index is 3.02. The van der Waals surface area contributed by atoms with Crippen molar-refractivity contribution in [2.24, 2.45) is 0 Å². The van der Waals surface area contributed by atoms with Gasteiger partial charge in [-0.15, -0.1) is 0 Å². The van der Waals surface area contributed by atoms with Gasteiger partial charge in [-0.25, -0.2) is 0 Å². The molecule has 1 aromatic rings. The van der Waals surface area contributed by atoms with Crippen LogP contribution in [0.4, 0.5) is 5.82 Å². The summed E-state index contributed by atoms with van der Waals surface area (Å²) in [6, 6.07) is 0.896. The van der Waals surface area contributed by atoms with Crippen molar-refractivity contribution in [2.75, 3.05) is 12.8 Å². The van der Waals surface area contributed by atoms with Crippen molar-refractivity contribution < 1.29 is 4.74 Å². The topological polar surface area (TPSA) is 53.1 Å². The predicted octanol–water partition coefficient (Wildman–Crippen LogP) is 1.05. The lowest BCUT2D eigenvalue weighted by Gasteiger charge is -2.08. The summed E-state index contributed by atoms with van der Waals surface area (Å²) < 4.78 is 6.88. The van der Waals surface area contributed by atoms with Crippen LogP contribution in [0.3, 0.4) is 0 Å². The number of nitrogens with zero attached hydrogens (tertiary/aromatic N) is 2. The number of rotatable bonds is 2. The molecule has 0 amide bonds. The van der Waals surface area contributed by atoms with Gasteiger partial charge in [0.05, 0.1) is 13.3 Å². The van der Waals surface area contributed by atoms with Gasteiger partial charge < -0.3 is 10.5 Å². The fraction of sp³-hybridized carbons (Fsp3) is 0.571. The van der Waals surface area contributed by atoms with Gasteiger partial charge in [-0.3, -0.25) is 4.57 Å². The lowest BCUT2D eigenvalue weighted by molar-refractivity contribution is 0.346. The molecule has 62 valence electrons. The Hall–Kier alpha value is -1.19. The number of hydrogen-bond donors (Lipinski definition) is 1. The highest BCUT2D eigenvalue weighted by molar-refractivity contribution is 5.28. The van der Waals surface area contributed by atoms with E-state index in [2.05, 4.69) is 4.98 Å². The average Bonchev–Trinajstić information content (AvgIpc) is 2.30. The molecule has 0 bridgehead atoms. The van der Waals surface area contributed by atoms with Gasteiger partial charge in [0, 0.05) is 6.04 Å². The Bertz CT molecular complexity index is 242. The standard InChI is InChI=1S/C7H13N3O/c1-5(2)10-4-6(8)9-7(10)11-3/h4-5H,8H2,1-3H3. The van der Waals surface area contributed by atoms with Crippen LogP contribution in [0.5, 0.6) is 6.01 Å². The van der Waals surface area contributed by atoms with E-state index in [0.29, 0.717) is 17.9 Å². The number of nitrogen functional groups attached to an aromatic ring is 1. The summed E-state index contributed by atoms with van der Waals surface area (Å²) in [6.45, 7) is 4.09. The lowest BCUT2D eigenvalue weighted by Crippen LogP contribution is -2.01. The molecule has 0 fully saturated rings. The maximum absolute atomic E-state index is 5.48. The fourth-order valence-corrected chi connectivity index (χ4v) is 0.916. The van der Waals surface area contributed by atoms with Crippen LogP contribution >= 0.6 is 0 Å². The summed E-state index contributed by atoms with van der Waals surface area (Å²) in [6.07, 6.45) is 1.77. The molecule has 0 aliphatic rings. The normalized spacial score (nSPS) is 10.5. The van der Waals surface area contributed by atoms with Crippen LogP contribution in [-0.2, 0) is 0 Å². The van der Waals surface area contributed by atoms with E-state index in [0.717, 1.165) is 0 Å². The van der Waals surface area contributed by atoms with Crippen molar-refractivity contribution in [1.29, 1.82) is 0 Å². The molecule has 0 spiro atoms. The number of nitrogens with two attached hydrogens (primary N) is 1. The molecule has 4 heteroatoms. The molecule has 0 saturated carbocycles. The van der Waals surface area contributed by atoms with Gasteiger partial charge in [0.15, 0.2) is 0 Å². The Kier molecular flexibility index (Phi) is 2.03. The van der Waals surface area contributed by atoms with E-state index >= 15 is 0 Å². The second-order valence-electron chi connectivity index (χ2n) is 2.65. The Morgan fingerprint density at radius 1 is 1.64 bits per heavy atom. The molecule has 1 heterocycles. The van der Waals surface area contributed by atoms with E-state index < -0.39 is 0 Å². The van der Waals surface area contributed by atoms with Gasteiger partial charge in [-0.05, 0) is 13.8 Å². The first-order valence-electron chi connectivity index (χ1n) is 3.53. The van der Waals surface area contributed by atoms with Crippen molar-refractivity contribution in [1.82, 2.24) is 9.55 Å². The third-order valence-electron chi connectivity index (χ3n) is 1.46. The smallest absolute Gasteiger partial charge is 0.298 e. The summed E-state index contributed by atoms with van der Waals surface area (Å²) in [5, 5.41) is 0. The molecule has 0 aliphatic heterocycles. The third kappa shape index (κ3) is 1.45. The SMILES string of the molecule is COc1nc(N)cn1C(C)C. The molecule has 0 atom stereocenters. The molecular weight excluding hydrogens is 142 g/mol. The van der Waals surface area contributed by atoms with E-state index in [9.17, 15) is 0 Å². The molecule has 0 aliphatic carbocycles. The molecule has 4 nitrogen and oxygen atoms in total. The molecule has 0 aromatic carbocycles. The first-order chi connectivity index (χ1) is 5.15. The van der Waals surface area contributed by atoms with Crippen molar-refractivity contribution in [2.45, 2.75) is 19.9 Å². The van der Waals surface area contributed by atoms with Crippen molar-refractivity contribution in [3.05, 3.63) is 6.20 Å². The van der Waals surface area contributed by atoms with Crippen molar-refractivity contribution >= 4 is 5.82 Å². The molecule has 0 radical (unpaired) electrons. The molecule has 1 aromatic heterocycles. The molecule has 1 rings (SSSR count). The maximum atomic E-state index is 5.48. The van der Waals surface area contributed by atoms with Gasteiger partial charge in [-0.2, -0.15) is 4.98 Å². The molecule has 11 heavy (non-hydrogen) atoms. The number of imidazole rings is 1. The van der Waals surface area contributed by atoms with Crippen molar-refractivity contribution in [3.8, 4) is 6.01 Å². The predicted molar refractivity (Wildman–Crippen MR) is 43.6 cm³/mol. The molecule has 2 N–H and O–H groups in total. The Labute approximate surface area is 66.0 Å². The minimum Gasteiger partial charge on any atom is -0.468 e. The van der Waals surface area contributed by atoms with Gasteiger partial charge in [0.1, 0.15) is 5.82 Å². The largest absolute Gasteiger partial charge is 0.468 e. The van der Waals surface area contributed by atoms with Crippen molar-refractivity contribution in [3.63, 3.8) is 0 Å². The van der Waals surface area contributed by atoms with Crippen LogP contribution in [0, 0.1) is 0 Å². The quantitative estimate of drug-likeness (QED) is 0.694. The summed E-state index contributed by atoms with van der Waals surface area (Å²) >= 11 is 0. The molecule has 0 saturated heterocycles.